The summed E-state index contributed by atoms with van der Waals surface area (Å²) in [7, 11) is 0. The Labute approximate surface area is 202 Å². The lowest BCUT2D eigenvalue weighted by atomic mass is 9.50. The van der Waals surface area contributed by atoms with Gasteiger partial charge in [-0.15, -0.1) is 0 Å². The first-order valence-corrected chi connectivity index (χ1v) is 11.9. The van der Waals surface area contributed by atoms with Gasteiger partial charge in [-0.2, -0.15) is 0 Å². The van der Waals surface area contributed by atoms with Crippen LogP contribution in [-0.2, 0) is 19.2 Å². The van der Waals surface area contributed by atoms with Crippen LogP contribution in [0.2, 0.25) is 0 Å². The maximum atomic E-state index is 15.4. The zero-order valence-electron chi connectivity index (χ0n) is 19.9. The highest BCUT2D eigenvalue weighted by Crippen LogP contribution is 2.66. The number of carbonyl (C=O) groups excluding carboxylic acids is 2. The molecule has 0 amide bonds. The number of aliphatic hydroxyl groups excluding tert-OH is 1. The molecule has 8 nitrogen and oxygen atoms in total. The first-order chi connectivity index (χ1) is 16.2. The van der Waals surface area contributed by atoms with Gasteiger partial charge in [0.15, 0.2) is 11.6 Å². The van der Waals surface area contributed by atoms with Gasteiger partial charge in [0.1, 0.15) is 23.8 Å². The van der Waals surface area contributed by atoms with Crippen molar-refractivity contribution in [3.63, 3.8) is 0 Å². The molecule has 0 spiro atoms. The van der Waals surface area contributed by atoms with Crippen molar-refractivity contribution in [2.75, 3.05) is 0 Å². The minimum Gasteiger partial charge on any atom is -0.481 e. The van der Waals surface area contributed by atoms with E-state index in [-0.39, 0.29) is 30.5 Å². The fraction of sp³-hybridized carbons (Fsp3) is 0.615. The summed E-state index contributed by atoms with van der Waals surface area (Å²) in [6.45, 7) is 5.20. The van der Waals surface area contributed by atoms with Gasteiger partial charge in [-0.1, -0.05) is 31.6 Å². The molecule has 0 aromatic rings. The van der Waals surface area contributed by atoms with E-state index in [0.29, 0.717) is 12.0 Å². The molecular weight excluding hydrogens is 459 g/mol. The number of fused-ring (bicyclic) bond motifs is 5. The van der Waals surface area contributed by atoms with Gasteiger partial charge in [-0.25, -0.2) is 4.39 Å². The Morgan fingerprint density at radius 2 is 1.83 bits per heavy atom. The normalized spacial score (nSPS) is 41.6. The largest absolute Gasteiger partial charge is 0.481 e. The maximum absolute atomic E-state index is 15.4. The van der Waals surface area contributed by atoms with E-state index in [1.165, 1.54) is 12.2 Å². The highest BCUT2D eigenvalue weighted by molar-refractivity contribution is 6.01. The van der Waals surface area contributed by atoms with Crippen molar-refractivity contribution in [3.8, 4) is 0 Å². The molecule has 0 aromatic heterocycles. The Bertz CT molecular complexity index is 1090. The number of hydrogen-bond donors (Lipinski definition) is 4. The molecule has 4 N–H and O–H groups in total. The van der Waals surface area contributed by atoms with Crippen LogP contribution in [0.5, 0.6) is 0 Å². The number of allylic oxidation sites excluding steroid dienone is 6. The zero-order valence-corrected chi connectivity index (χ0v) is 19.9. The van der Waals surface area contributed by atoms with Gasteiger partial charge in [-0.05, 0) is 61.7 Å². The lowest BCUT2D eigenvalue weighted by molar-refractivity contribution is -0.175. The Morgan fingerprint density at radius 1 is 1.17 bits per heavy atom. The summed E-state index contributed by atoms with van der Waals surface area (Å²) in [5.74, 6) is -7.78. The molecule has 4 unspecified atom stereocenters. The third kappa shape index (κ3) is 3.46. The molecule has 2 fully saturated rings. The second kappa shape index (κ2) is 8.20. The molecule has 0 saturated heterocycles. The Morgan fingerprint density at radius 3 is 2.43 bits per heavy atom. The SMILES string of the molecule is C[C@H]1CC2C3C[C@H](F)C4=CC(=O)C=C[C@]4(C)C3=CC[C@]2(C)[C@@]1(O)C(=O)C(O)C(CC(=O)O)C(=O)O. The maximum Gasteiger partial charge on any atom is 0.310 e. The van der Waals surface area contributed by atoms with Crippen LogP contribution in [0, 0.1) is 34.5 Å². The highest BCUT2D eigenvalue weighted by Gasteiger charge is 2.69. The van der Waals surface area contributed by atoms with Crippen LogP contribution in [0.1, 0.15) is 46.5 Å². The van der Waals surface area contributed by atoms with Gasteiger partial charge in [0.05, 0.1) is 6.42 Å². The van der Waals surface area contributed by atoms with Crippen LogP contribution in [0.3, 0.4) is 0 Å². The minimum atomic E-state index is -2.21. The van der Waals surface area contributed by atoms with Crippen molar-refractivity contribution in [3.05, 3.63) is 35.5 Å². The standard InChI is InChI=1S/C26H31FO8/c1-12-8-17-14-10-19(27)18-9-13(28)4-6-24(18,2)16(14)5-7-25(17,3)26(12,35)22(32)21(31)15(23(33)34)11-20(29)30/h4-6,9,12,14-15,17,19,21,31,35H,7-8,10-11H2,1-3H3,(H,29,30)(H,33,34)/t12-,14?,15?,17?,19-,21?,24+,25-,26-/m0/s1. The second-order valence-electron chi connectivity index (χ2n) is 11.0. The van der Waals surface area contributed by atoms with Crippen molar-refractivity contribution in [2.24, 2.45) is 34.5 Å². The van der Waals surface area contributed by atoms with Crippen LogP contribution in [0.15, 0.2) is 35.5 Å². The molecule has 0 aliphatic heterocycles. The molecule has 4 rings (SSSR count). The van der Waals surface area contributed by atoms with Gasteiger partial charge in [-0.3, -0.25) is 19.2 Å². The monoisotopic (exact) mass is 490 g/mol. The lowest BCUT2D eigenvalue weighted by Gasteiger charge is -2.54. The summed E-state index contributed by atoms with van der Waals surface area (Å²) in [6.07, 6.45) is 2.46. The fourth-order valence-electron chi connectivity index (χ4n) is 7.33. The lowest BCUT2D eigenvalue weighted by Crippen LogP contribution is -2.61. The summed E-state index contributed by atoms with van der Waals surface area (Å²) in [4.78, 5) is 48.2. The molecule has 0 radical (unpaired) electrons. The van der Waals surface area contributed by atoms with Crippen LogP contribution in [-0.4, -0.2) is 61.8 Å². The van der Waals surface area contributed by atoms with Crippen LogP contribution in [0.4, 0.5) is 4.39 Å². The van der Waals surface area contributed by atoms with E-state index < -0.39 is 64.7 Å². The summed E-state index contributed by atoms with van der Waals surface area (Å²) >= 11 is 0. The first-order valence-electron chi connectivity index (χ1n) is 11.9. The van der Waals surface area contributed by atoms with Crippen molar-refractivity contribution in [1.29, 1.82) is 0 Å². The number of halogens is 1. The number of carbonyl (C=O) groups is 4. The quantitative estimate of drug-likeness (QED) is 0.414. The molecule has 190 valence electrons. The number of aliphatic carboxylic acids is 2. The van der Waals surface area contributed by atoms with Gasteiger partial charge in [0.2, 0.25) is 0 Å². The predicted molar refractivity (Wildman–Crippen MR) is 121 cm³/mol. The number of aliphatic hydroxyl groups is 2. The molecule has 0 aromatic carbocycles. The van der Waals surface area contributed by atoms with Gasteiger partial charge in [0.25, 0.3) is 0 Å². The van der Waals surface area contributed by atoms with E-state index in [9.17, 15) is 34.5 Å². The topological polar surface area (TPSA) is 149 Å². The molecule has 4 aliphatic carbocycles. The van der Waals surface area contributed by atoms with Gasteiger partial charge < -0.3 is 20.4 Å². The fourth-order valence-corrected chi connectivity index (χ4v) is 7.33. The number of alkyl halides is 1. The number of rotatable bonds is 6. The second-order valence-corrected chi connectivity index (χ2v) is 11.0. The van der Waals surface area contributed by atoms with Crippen molar-refractivity contribution < 1.29 is 44.0 Å². The average molecular weight is 491 g/mol. The van der Waals surface area contributed by atoms with Gasteiger partial charge >= 0.3 is 11.9 Å². The van der Waals surface area contributed by atoms with E-state index in [2.05, 4.69) is 0 Å². The van der Waals surface area contributed by atoms with E-state index >= 15 is 4.39 Å². The first kappa shape index (κ1) is 25.4. The van der Waals surface area contributed by atoms with E-state index in [0.717, 1.165) is 5.57 Å². The third-order valence-corrected chi connectivity index (χ3v) is 9.25. The zero-order chi connectivity index (χ0) is 26.1. The molecule has 9 atom stereocenters. The Hall–Kier alpha value is -2.65. The van der Waals surface area contributed by atoms with Crippen LogP contribution in [0.25, 0.3) is 0 Å². The highest BCUT2D eigenvalue weighted by atomic mass is 19.1. The van der Waals surface area contributed by atoms with Crippen LogP contribution < -0.4 is 0 Å². The average Bonchev–Trinajstić information content (AvgIpc) is 2.99. The van der Waals surface area contributed by atoms with E-state index in [1.807, 2.05) is 13.0 Å². The molecule has 9 heteroatoms. The number of ketones is 2. The Kier molecular flexibility index (Phi) is 5.96. The van der Waals surface area contributed by atoms with E-state index in [1.54, 1.807) is 19.9 Å². The number of carboxylic acid groups (broad SMARTS) is 2. The molecule has 2 saturated carbocycles. The summed E-state index contributed by atoms with van der Waals surface area (Å²) in [6, 6.07) is 0. The molecule has 0 bridgehead atoms. The number of carboxylic acids is 2. The molecule has 35 heavy (non-hydrogen) atoms. The third-order valence-electron chi connectivity index (χ3n) is 9.25. The smallest absolute Gasteiger partial charge is 0.310 e. The predicted octanol–water partition coefficient (Wildman–Crippen LogP) is 2.24. The number of hydrogen-bond acceptors (Lipinski definition) is 6. The molecular formula is C26H31FO8. The van der Waals surface area contributed by atoms with Gasteiger partial charge in [0, 0.05) is 10.8 Å². The molecule has 0 heterocycles. The minimum absolute atomic E-state index is 0.0882. The van der Waals surface area contributed by atoms with Crippen molar-refractivity contribution >= 4 is 23.5 Å². The summed E-state index contributed by atoms with van der Waals surface area (Å²) in [5.41, 5.74) is -2.71. The van der Waals surface area contributed by atoms with Crippen molar-refractivity contribution in [2.45, 2.75) is 64.3 Å². The Balaban J connectivity index is 1.74. The van der Waals surface area contributed by atoms with Crippen LogP contribution >= 0.6 is 0 Å². The molecule has 4 aliphatic rings. The number of Topliss-reactive ketones (excluding diaryl/α,β-unsaturated/α-hetero) is 1. The summed E-state index contributed by atoms with van der Waals surface area (Å²) < 4.78 is 15.4. The van der Waals surface area contributed by atoms with Crippen molar-refractivity contribution in [1.82, 2.24) is 0 Å². The van der Waals surface area contributed by atoms with E-state index in [4.69, 9.17) is 5.11 Å². The summed E-state index contributed by atoms with van der Waals surface area (Å²) in [5, 5.41) is 41.0.